The van der Waals surface area contributed by atoms with Crippen LogP contribution in [0.15, 0.2) is 97.5 Å². The van der Waals surface area contributed by atoms with Crippen molar-refractivity contribution in [2.75, 3.05) is 7.11 Å². The average molecular weight is 828 g/mol. The largest absolute Gasteiger partial charge is 2.00 e. The van der Waals surface area contributed by atoms with Gasteiger partial charge in [-0.1, -0.05) is 69.1 Å². The number of aryl methyl sites for hydroxylation is 1. The first kappa shape index (κ1) is 34.2. The predicted octanol–water partition coefficient (Wildman–Crippen LogP) is 10.1. The fourth-order valence-electron chi connectivity index (χ4n) is 6.67. The predicted molar refractivity (Wildman–Crippen MR) is 194 cm³/mol. The van der Waals surface area contributed by atoms with E-state index in [2.05, 4.69) is 92.8 Å². The Morgan fingerprint density at radius 1 is 0.796 bits per heavy atom. The third kappa shape index (κ3) is 7.07. The SMILES string of the molecule is COc1ccnc(-n2c3[c-]c(Oc4[c-]c(-n5cc(-c6c(CC(C)C)cc(C)cc6CC(C)C)cn5)ccc4)ccc3c3ccccc32)c1.[Pt+2]. The standard InChI is InChI=1S/C42H40N4O2.Pt/c1-27(2)18-30-20-29(5)21-31(19-28(3)4)42(30)32-25-44-45(26-32)33-10-9-11-35(22-33)48-36-14-15-38-37-12-7-8-13-39(37)46(40(38)23-36)41-24-34(47-6)16-17-43-41;/h7-17,20-21,24-28H,18-19H2,1-6H3;/q-2;+2. The summed E-state index contributed by atoms with van der Waals surface area (Å²) in [4.78, 5) is 4.66. The zero-order valence-electron chi connectivity index (χ0n) is 28.7. The summed E-state index contributed by atoms with van der Waals surface area (Å²) in [7, 11) is 1.66. The molecule has 4 aromatic carbocycles. The van der Waals surface area contributed by atoms with Gasteiger partial charge in [-0.3, -0.25) is 4.68 Å². The van der Waals surface area contributed by atoms with Crippen molar-refractivity contribution in [3.8, 4) is 39.9 Å². The maximum absolute atomic E-state index is 6.40. The molecule has 0 aliphatic rings. The molecule has 3 heterocycles. The van der Waals surface area contributed by atoms with Crippen molar-refractivity contribution in [3.05, 3.63) is 126 Å². The summed E-state index contributed by atoms with van der Waals surface area (Å²) < 4.78 is 15.9. The fourth-order valence-corrected chi connectivity index (χ4v) is 6.67. The van der Waals surface area contributed by atoms with Crippen molar-refractivity contribution in [1.29, 1.82) is 0 Å². The average Bonchev–Trinajstić information content (AvgIpc) is 3.67. The van der Waals surface area contributed by atoms with E-state index < -0.39 is 0 Å². The molecule has 0 saturated heterocycles. The van der Waals surface area contributed by atoms with Crippen LogP contribution in [0.25, 0.3) is 44.4 Å². The number of rotatable bonds is 10. The summed E-state index contributed by atoms with van der Waals surface area (Å²) >= 11 is 0. The molecule has 49 heavy (non-hydrogen) atoms. The molecular weight excluding hydrogens is 788 g/mol. The Balaban J connectivity index is 0.00000417. The first-order valence-electron chi connectivity index (χ1n) is 16.6. The molecule has 0 aliphatic carbocycles. The van der Waals surface area contributed by atoms with Gasteiger partial charge < -0.3 is 14.0 Å². The van der Waals surface area contributed by atoms with Crippen LogP contribution in [0.4, 0.5) is 0 Å². The molecule has 0 fully saturated rings. The molecule has 0 radical (unpaired) electrons. The zero-order valence-corrected chi connectivity index (χ0v) is 31.0. The molecule has 0 atom stereocenters. The van der Waals surface area contributed by atoms with Crippen LogP contribution in [-0.4, -0.2) is 26.4 Å². The minimum atomic E-state index is 0. The summed E-state index contributed by atoms with van der Waals surface area (Å²) in [6.07, 6.45) is 7.90. The van der Waals surface area contributed by atoms with Gasteiger partial charge in [-0.25, -0.2) is 4.98 Å². The van der Waals surface area contributed by atoms with Crippen molar-refractivity contribution in [2.24, 2.45) is 11.8 Å². The number of pyridine rings is 1. The van der Waals surface area contributed by atoms with Gasteiger partial charge >= 0.3 is 21.1 Å². The van der Waals surface area contributed by atoms with Crippen LogP contribution >= 0.6 is 0 Å². The van der Waals surface area contributed by atoms with Crippen molar-refractivity contribution < 1.29 is 30.5 Å². The number of hydrogen-bond donors (Lipinski definition) is 0. The summed E-state index contributed by atoms with van der Waals surface area (Å²) in [5.41, 5.74) is 9.22. The molecule has 7 aromatic rings. The van der Waals surface area contributed by atoms with Crippen molar-refractivity contribution >= 4 is 21.8 Å². The molecule has 3 aromatic heterocycles. The van der Waals surface area contributed by atoms with Crippen LogP contribution in [0.3, 0.4) is 0 Å². The van der Waals surface area contributed by atoms with Gasteiger partial charge in [-0.05, 0) is 71.5 Å². The molecule has 0 unspecified atom stereocenters. The van der Waals surface area contributed by atoms with Crippen LogP contribution in [0.1, 0.15) is 44.4 Å². The number of para-hydroxylation sites is 1. The van der Waals surface area contributed by atoms with Crippen LogP contribution in [0.2, 0.25) is 0 Å². The Bertz CT molecular complexity index is 2220. The summed E-state index contributed by atoms with van der Waals surface area (Å²) in [6, 6.07) is 33.6. The molecule has 0 spiro atoms. The van der Waals surface area contributed by atoms with Crippen LogP contribution < -0.4 is 9.47 Å². The molecule has 7 heteroatoms. The third-order valence-corrected chi connectivity index (χ3v) is 8.53. The van der Waals surface area contributed by atoms with Gasteiger partial charge in [0.05, 0.1) is 13.3 Å². The van der Waals surface area contributed by atoms with E-state index in [0.29, 0.717) is 23.3 Å². The van der Waals surface area contributed by atoms with E-state index in [9.17, 15) is 0 Å². The van der Waals surface area contributed by atoms with Crippen LogP contribution in [0.5, 0.6) is 17.2 Å². The number of hydrogen-bond acceptors (Lipinski definition) is 4. The number of fused-ring (bicyclic) bond motifs is 3. The molecule has 0 N–H and O–H groups in total. The zero-order chi connectivity index (χ0) is 33.4. The molecule has 250 valence electrons. The van der Waals surface area contributed by atoms with Gasteiger partial charge in [-0.2, -0.15) is 17.2 Å². The number of benzene rings is 4. The van der Waals surface area contributed by atoms with E-state index >= 15 is 0 Å². The number of aromatic nitrogens is 4. The van der Waals surface area contributed by atoms with E-state index in [4.69, 9.17) is 14.6 Å². The fraction of sp³-hybridized carbons (Fsp3) is 0.238. The topological polar surface area (TPSA) is 54.1 Å². The van der Waals surface area contributed by atoms with Crippen molar-refractivity contribution in [1.82, 2.24) is 19.3 Å². The summed E-state index contributed by atoms with van der Waals surface area (Å²) in [6.45, 7) is 11.3. The smallest absolute Gasteiger partial charge is 0.509 e. The van der Waals surface area contributed by atoms with E-state index in [-0.39, 0.29) is 21.1 Å². The first-order valence-corrected chi connectivity index (χ1v) is 16.6. The Labute approximate surface area is 303 Å². The molecular formula is C42H40N4O2Pt. The van der Waals surface area contributed by atoms with E-state index in [0.717, 1.165) is 57.5 Å². The van der Waals surface area contributed by atoms with Crippen LogP contribution in [-0.2, 0) is 33.9 Å². The van der Waals surface area contributed by atoms with Gasteiger partial charge in [0.1, 0.15) is 11.6 Å². The first-order chi connectivity index (χ1) is 23.3. The second kappa shape index (κ2) is 14.4. The van der Waals surface area contributed by atoms with Crippen LogP contribution in [0, 0.1) is 30.9 Å². The van der Waals surface area contributed by atoms with Crippen molar-refractivity contribution in [3.63, 3.8) is 0 Å². The molecule has 7 rings (SSSR count). The summed E-state index contributed by atoms with van der Waals surface area (Å²) in [5, 5.41) is 6.98. The normalized spacial score (nSPS) is 11.4. The Hall–Kier alpha value is -4.67. The molecule has 0 amide bonds. The van der Waals surface area contributed by atoms with E-state index in [1.54, 1.807) is 13.3 Å². The van der Waals surface area contributed by atoms with Gasteiger partial charge in [0.25, 0.3) is 0 Å². The maximum Gasteiger partial charge on any atom is 2.00 e. The maximum atomic E-state index is 6.40. The minimum Gasteiger partial charge on any atom is -0.509 e. The summed E-state index contributed by atoms with van der Waals surface area (Å²) in [5.74, 6) is 3.76. The number of ether oxygens (including phenoxy) is 2. The molecule has 0 aliphatic heterocycles. The third-order valence-electron chi connectivity index (χ3n) is 8.53. The second-order valence-electron chi connectivity index (χ2n) is 13.3. The van der Waals surface area contributed by atoms with Gasteiger partial charge in [0.15, 0.2) is 0 Å². The van der Waals surface area contributed by atoms with E-state index in [1.807, 2.05) is 59.4 Å². The van der Waals surface area contributed by atoms with Crippen molar-refractivity contribution in [2.45, 2.75) is 47.5 Å². The molecule has 0 bridgehead atoms. The quantitative estimate of drug-likeness (QED) is 0.129. The van der Waals surface area contributed by atoms with Gasteiger partial charge in [0, 0.05) is 41.0 Å². The second-order valence-corrected chi connectivity index (χ2v) is 13.3. The number of nitrogens with zero attached hydrogens (tertiary/aromatic N) is 4. The monoisotopic (exact) mass is 827 g/mol. The Kier molecular flexibility index (Phi) is 10.1. The van der Waals surface area contributed by atoms with E-state index in [1.165, 1.54) is 22.3 Å². The Morgan fingerprint density at radius 2 is 1.53 bits per heavy atom. The molecule has 6 nitrogen and oxygen atoms in total. The Morgan fingerprint density at radius 3 is 2.27 bits per heavy atom. The molecule has 0 saturated carbocycles. The van der Waals surface area contributed by atoms with Gasteiger partial charge in [0.2, 0.25) is 0 Å². The van der Waals surface area contributed by atoms with Gasteiger partial charge in [-0.15, -0.1) is 35.7 Å². The number of methoxy groups -OCH3 is 1. The minimum absolute atomic E-state index is 0.